The van der Waals surface area contributed by atoms with E-state index < -0.39 is 12.2 Å². The molecule has 0 saturated carbocycles. The van der Waals surface area contributed by atoms with Gasteiger partial charge in [0.15, 0.2) is 0 Å². The number of rotatable bonds is 4. The van der Waals surface area contributed by atoms with Gasteiger partial charge in [0.25, 0.3) is 0 Å². The largest absolute Gasteiger partial charge is 0.442 e. The lowest BCUT2D eigenvalue weighted by atomic mass is 10.1. The number of anilines is 2. The van der Waals surface area contributed by atoms with Crippen LogP contribution in [-0.4, -0.2) is 56.9 Å². The highest BCUT2D eigenvalue weighted by Crippen LogP contribution is 2.28. The fourth-order valence-corrected chi connectivity index (χ4v) is 3.20. The normalized spacial score (nSPS) is 21.9. The van der Waals surface area contributed by atoms with Gasteiger partial charge in [0, 0.05) is 33.1 Å². The van der Waals surface area contributed by atoms with Crippen LogP contribution < -0.4 is 20.4 Å². The van der Waals surface area contributed by atoms with E-state index in [1.807, 2.05) is 4.90 Å². The van der Waals surface area contributed by atoms with Gasteiger partial charge < -0.3 is 20.3 Å². The van der Waals surface area contributed by atoms with E-state index in [-0.39, 0.29) is 24.3 Å². The number of halogens is 1. The Morgan fingerprint density at radius 3 is 2.76 bits per heavy atom. The van der Waals surface area contributed by atoms with Gasteiger partial charge in [-0.05, 0) is 25.1 Å². The summed E-state index contributed by atoms with van der Waals surface area (Å²) in [6, 6.07) is 4.49. The van der Waals surface area contributed by atoms with Crippen LogP contribution in [0.2, 0.25) is 0 Å². The molecule has 0 bridgehead atoms. The maximum atomic E-state index is 14.5. The molecular formula is C17H23FN4O3. The van der Waals surface area contributed by atoms with E-state index >= 15 is 0 Å². The van der Waals surface area contributed by atoms with Crippen molar-refractivity contribution in [3.05, 3.63) is 24.0 Å². The molecule has 2 aliphatic heterocycles. The lowest BCUT2D eigenvalue weighted by Gasteiger charge is -2.30. The monoisotopic (exact) mass is 350 g/mol. The second-order valence-corrected chi connectivity index (χ2v) is 6.39. The van der Waals surface area contributed by atoms with Crippen LogP contribution in [0.5, 0.6) is 0 Å². The number of amides is 2. The number of nitrogens with zero attached hydrogens (tertiary/aromatic N) is 2. The van der Waals surface area contributed by atoms with E-state index in [1.165, 1.54) is 17.9 Å². The summed E-state index contributed by atoms with van der Waals surface area (Å²) >= 11 is 0. The van der Waals surface area contributed by atoms with Gasteiger partial charge in [0.1, 0.15) is 11.9 Å². The minimum absolute atomic E-state index is 0.187. The topological polar surface area (TPSA) is 73.9 Å². The second-order valence-electron chi connectivity index (χ2n) is 6.39. The van der Waals surface area contributed by atoms with Crippen molar-refractivity contribution in [3.63, 3.8) is 0 Å². The number of cyclic esters (lactones) is 1. The number of piperazine rings is 1. The maximum absolute atomic E-state index is 14.5. The van der Waals surface area contributed by atoms with Crippen LogP contribution >= 0.6 is 0 Å². The molecule has 2 fully saturated rings. The molecule has 7 nitrogen and oxygen atoms in total. The molecule has 2 unspecified atom stereocenters. The minimum Gasteiger partial charge on any atom is -0.442 e. The molecule has 2 N–H and O–H groups in total. The summed E-state index contributed by atoms with van der Waals surface area (Å²) in [5, 5.41) is 5.94. The number of hydrogen-bond acceptors (Lipinski definition) is 5. The molecule has 0 radical (unpaired) electrons. The highest BCUT2D eigenvalue weighted by atomic mass is 19.1. The lowest BCUT2D eigenvalue weighted by molar-refractivity contribution is -0.120. The summed E-state index contributed by atoms with van der Waals surface area (Å²) in [5.41, 5.74) is 1.000. The predicted molar refractivity (Wildman–Crippen MR) is 92.4 cm³/mol. The predicted octanol–water partition coefficient (Wildman–Crippen LogP) is 1.09. The third kappa shape index (κ3) is 3.84. The summed E-state index contributed by atoms with van der Waals surface area (Å²) in [5.74, 6) is -0.543. The Kier molecular flexibility index (Phi) is 5.08. The summed E-state index contributed by atoms with van der Waals surface area (Å²) in [4.78, 5) is 26.7. The van der Waals surface area contributed by atoms with Crippen LogP contribution in [0.15, 0.2) is 18.2 Å². The second kappa shape index (κ2) is 7.26. The Morgan fingerprint density at radius 2 is 2.12 bits per heavy atom. The number of hydrogen-bond donors (Lipinski definition) is 2. The molecule has 0 aliphatic carbocycles. The third-order valence-corrected chi connectivity index (χ3v) is 4.52. The molecule has 2 aliphatic rings. The third-order valence-electron chi connectivity index (χ3n) is 4.52. The Bertz CT molecular complexity index is 663. The zero-order valence-electron chi connectivity index (χ0n) is 14.4. The maximum Gasteiger partial charge on any atom is 0.414 e. The minimum atomic E-state index is -0.531. The molecule has 2 atom stereocenters. The Morgan fingerprint density at radius 1 is 1.40 bits per heavy atom. The van der Waals surface area contributed by atoms with Crippen molar-refractivity contribution in [3.8, 4) is 0 Å². The molecule has 2 saturated heterocycles. The average molecular weight is 350 g/mol. The number of benzene rings is 1. The van der Waals surface area contributed by atoms with Crippen molar-refractivity contribution >= 4 is 23.4 Å². The Labute approximate surface area is 146 Å². The van der Waals surface area contributed by atoms with Crippen LogP contribution in [0.3, 0.4) is 0 Å². The van der Waals surface area contributed by atoms with Crippen molar-refractivity contribution in [1.29, 1.82) is 0 Å². The van der Waals surface area contributed by atoms with Gasteiger partial charge in [-0.15, -0.1) is 0 Å². The van der Waals surface area contributed by atoms with E-state index in [9.17, 15) is 14.0 Å². The number of nitrogens with one attached hydrogen (secondary N) is 2. The van der Waals surface area contributed by atoms with Gasteiger partial charge >= 0.3 is 6.09 Å². The summed E-state index contributed by atoms with van der Waals surface area (Å²) in [6.07, 6.45) is -0.996. The first-order chi connectivity index (χ1) is 12.0. The smallest absolute Gasteiger partial charge is 0.414 e. The first-order valence-electron chi connectivity index (χ1n) is 8.46. The van der Waals surface area contributed by atoms with Crippen LogP contribution in [0.25, 0.3) is 0 Å². The summed E-state index contributed by atoms with van der Waals surface area (Å²) in [6.45, 7) is 6.60. The molecule has 2 heterocycles. The first kappa shape index (κ1) is 17.5. The van der Waals surface area contributed by atoms with Gasteiger partial charge in [-0.3, -0.25) is 9.69 Å². The molecule has 2 amide bonds. The number of carbonyl (C=O) groups is 2. The summed E-state index contributed by atoms with van der Waals surface area (Å²) in [7, 11) is 0. The van der Waals surface area contributed by atoms with Crippen LogP contribution in [0.4, 0.5) is 20.6 Å². The molecule has 25 heavy (non-hydrogen) atoms. The van der Waals surface area contributed by atoms with Gasteiger partial charge in [0.2, 0.25) is 5.91 Å². The summed E-state index contributed by atoms with van der Waals surface area (Å²) < 4.78 is 19.9. The van der Waals surface area contributed by atoms with Crippen LogP contribution in [0.1, 0.15) is 13.8 Å². The van der Waals surface area contributed by atoms with E-state index in [0.29, 0.717) is 11.4 Å². The first-order valence-corrected chi connectivity index (χ1v) is 8.46. The SMILES string of the molecule is CC(=O)NC(C)C1CN(c2ccc(N3CCNCC3)c(F)c2)C(=O)O1. The average Bonchev–Trinajstić information content (AvgIpc) is 2.97. The molecule has 136 valence electrons. The van der Waals surface area contributed by atoms with E-state index in [2.05, 4.69) is 10.6 Å². The van der Waals surface area contributed by atoms with E-state index in [1.54, 1.807) is 19.1 Å². The lowest BCUT2D eigenvalue weighted by Crippen LogP contribution is -2.44. The van der Waals surface area contributed by atoms with Crippen LogP contribution in [-0.2, 0) is 9.53 Å². The Balaban J connectivity index is 1.72. The van der Waals surface area contributed by atoms with Crippen molar-refractivity contribution < 1.29 is 18.7 Å². The number of carbonyl (C=O) groups excluding carboxylic acids is 2. The van der Waals surface area contributed by atoms with Gasteiger partial charge in [-0.25, -0.2) is 9.18 Å². The fraction of sp³-hybridized carbons (Fsp3) is 0.529. The van der Waals surface area contributed by atoms with Crippen molar-refractivity contribution in [2.24, 2.45) is 0 Å². The quantitative estimate of drug-likeness (QED) is 0.850. The zero-order chi connectivity index (χ0) is 18.0. The molecule has 3 rings (SSSR count). The van der Waals surface area contributed by atoms with Crippen molar-refractivity contribution in [1.82, 2.24) is 10.6 Å². The zero-order valence-corrected chi connectivity index (χ0v) is 14.4. The number of ether oxygens (including phenoxy) is 1. The molecule has 1 aromatic carbocycles. The Hall–Kier alpha value is -2.35. The van der Waals surface area contributed by atoms with Crippen molar-refractivity contribution in [2.45, 2.75) is 26.0 Å². The standard InChI is InChI=1S/C17H23FN4O3/c1-11(20-12(2)23)16-10-22(17(24)25-16)13-3-4-15(14(18)9-13)21-7-5-19-6-8-21/h3-4,9,11,16,19H,5-8,10H2,1-2H3,(H,20,23). The highest BCUT2D eigenvalue weighted by molar-refractivity contribution is 5.90. The molecule has 8 heteroatoms. The molecule has 0 spiro atoms. The fourth-order valence-electron chi connectivity index (χ4n) is 3.20. The van der Waals surface area contributed by atoms with Crippen molar-refractivity contribution in [2.75, 3.05) is 42.5 Å². The van der Waals surface area contributed by atoms with Crippen LogP contribution in [0, 0.1) is 5.82 Å². The van der Waals surface area contributed by atoms with E-state index in [4.69, 9.17) is 4.74 Å². The van der Waals surface area contributed by atoms with Gasteiger partial charge in [0.05, 0.1) is 24.0 Å². The highest BCUT2D eigenvalue weighted by Gasteiger charge is 2.36. The van der Waals surface area contributed by atoms with E-state index in [0.717, 1.165) is 26.2 Å². The molecule has 1 aromatic rings. The van der Waals surface area contributed by atoms with Gasteiger partial charge in [-0.2, -0.15) is 0 Å². The molecular weight excluding hydrogens is 327 g/mol. The molecule has 0 aromatic heterocycles. The van der Waals surface area contributed by atoms with Gasteiger partial charge in [-0.1, -0.05) is 0 Å².